The van der Waals surface area contributed by atoms with Gasteiger partial charge in [-0.3, -0.25) is 5.43 Å². The summed E-state index contributed by atoms with van der Waals surface area (Å²) in [5, 5.41) is 3.12. The SMILES string of the molecule is CCOc1nc(NN)nc(NC(C)(C)C)n1. The van der Waals surface area contributed by atoms with Crippen molar-refractivity contribution in [1.82, 2.24) is 15.0 Å². The van der Waals surface area contributed by atoms with Crippen LogP contribution < -0.4 is 21.3 Å². The van der Waals surface area contributed by atoms with Crippen molar-refractivity contribution < 1.29 is 4.74 Å². The summed E-state index contributed by atoms with van der Waals surface area (Å²) in [5.41, 5.74) is 2.23. The van der Waals surface area contributed by atoms with Gasteiger partial charge in [0, 0.05) is 5.54 Å². The molecule has 4 N–H and O–H groups in total. The molecule has 0 saturated heterocycles. The van der Waals surface area contributed by atoms with Gasteiger partial charge in [-0.15, -0.1) is 0 Å². The van der Waals surface area contributed by atoms with Crippen LogP contribution in [0.3, 0.4) is 0 Å². The van der Waals surface area contributed by atoms with Gasteiger partial charge in [-0.05, 0) is 27.7 Å². The maximum Gasteiger partial charge on any atom is 0.323 e. The largest absolute Gasteiger partial charge is 0.464 e. The van der Waals surface area contributed by atoms with Crippen LogP contribution in [0, 0.1) is 0 Å². The lowest BCUT2D eigenvalue weighted by atomic mass is 10.1. The van der Waals surface area contributed by atoms with E-state index < -0.39 is 0 Å². The van der Waals surface area contributed by atoms with Crippen LogP contribution >= 0.6 is 0 Å². The first-order chi connectivity index (χ1) is 7.44. The number of nitrogens with two attached hydrogens (primary N) is 1. The van der Waals surface area contributed by atoms with Crippen LogP contribution in [0.4, 0.5) is 11.9 Å². The maximum atomic E-state index is 5.26. The van der Waals surface area contributed by atoms with Crippen LogP contribution in [0.25, 0.3) is 0 Å². The Balaban J connectivity index is 2.95. The Hall–Kier alpha value is -1.63. The first-order valence-corrected chi connectivity index (χ1v) is 5.08. The van der Waals surface area contributed by atoms with Crippen LogP contribution in [-0.4, -0.2) is 27.1 Å². The molecule has 1 aromatic heterocycles. The van der Waals surface area contributed by atoms with Crippen molar-refractivity contribution in [2.75, 3.05) is 17.3 Å². The van der Waals surface area contributed by atoms with E-state index in [1.54, 1.807) is 0 Å². The van der Waals surface area contributed by atoms with Gasteiger partial charge in [0.15, 0.2) is 0 Å². The summed E-state index contributed by atoms with van der Waals surface area (Å²) >= 11 is 0. The number of ether oxygens (including phenoxy) is 1. The molecule has 1 aromatic rings. The molecule has 0 spiro atoms. The summed E-state index contributed by atoms with van der Waals surface area (Å²) in [5.74, 6) is 5.96. The molecule has 7 heteroatoms. The first kappa shape index (κ1) is 12.4. The van der Waals surface area contributed by atoms with Crippen molar-refractivity contribution in [2.24, 2.45) is 5.84 Å². The minimum atomic E-state index is -0.142. The molecule has 0 amide bonds. The standard InChI is InChI=1S/C9H18N6O/c1-5-16-8-12-6(14-9(2,3)4)11-7(13-8)15-10/h5,10H2,1-4H3,(H2,11,12,13,14,15). The summed E-state index contributed by atoms with van der Waals surface area (Å²) in [6.45, 7) is 8.37. The molecule has 0 radical (unpaired) electrons. The van der Waals surface area contributed by atoms with Gasteiger partial charge in [-0.1, -0.05) is 0 Å². The van der Waals surface area contributed by atoms with Gasteiger partial charge in [0.05, 0.1) is 6.61 Å². The van der Waals surface area contributed by atoms with Gasteiger partial charge in [0.25, 0.3) is 0 Å². The number of nitrogens with one attached hydrogen (secondary N) is 2. The quantitative estimate of drug-likeness (QED) is 0.515. The zero-order valence-electron chi connectivity index (χ0n) is 10.0. The lowest BCUT2D eigenvalue weighted by molar-refractivity contribution is 0.312. The summed E-state index contributed by atoms with van der Waals surface area (Å²) in [4.78, 5) is 12.1. The van der Waals surface area contributed by atoms with Crippen LogP contribution in [0.5, 0.6) is 6.01 Å². The van der Waals surface area contributed by atoms with E-state index >= 15 is 0 Å². The van der Waals surface area contributed by atoms with E-state index in [1.807, 2.05) is 27.7 Å². The van der Waals surface area contributed by atoms with E-state index in [1.165, 1.54) is 0 Å². The normalized spacial score (nSPS) is 11.1. The molecule has 0 aromatic carbocycles. The molecule has 0 bridgehead atoms. The smallest absolute Gasteiger partial charge is 0.323 e. The number of hydrogen-bond donors (Lipinski definition) is 3. The Morgan fingerprint density at radius 3 is 2.31 bits per heavy atom. The lowest BCUT2D eigenvalue weighted by Gasteiger charge is -2.20. The highest BCUT2D eigenvalue weighted by Crippen LogP contribution is 2.14. The molecule has 0 aliphatic rings. The second-order valence-electron chi connectivity index (χ2n) is 4.22. The summed E-state index contributed by atoms with van der Waals surface area (Å²) < 4.78 is 5.21. The predicted molar refractivity (Wildman–Crippen MR) is 62.2 cm³/mol. The molecular weight excluding hydrogens is 208 g/mol. The van der Waals surface area contributed by atoms with E-state index in [0.717, 1.165) is 0 Å². The Morgan fingerprint density at radius 1 is 1.19 bits per heavy atom. The van der Waals surface area contributed by atoms with Crippen molar-refractivity contribution in [3.8, 4) is 6.01 Å². The Morgan fingerprint density at radius 2 is 1.81 bits per heavy atom. The summed E-state index contributed by atoms with van der Waals surface area (Å²) in [7, 11) is 0. The molecule has 1 heterocycles. The number of nitrogens with zero attached hydrogens (tertiary/aromatic N) is 3. The third kappa shape index (κ3) is 3.85. The molecule has 0 aliphatic heterocycles. The number of aromatic nitrogens is 3. The highest BCUT2D eigenvalue weighted by Gasteiger charge is 2.13. The highest BCUT2D eigenvalue weighted by atomic mass is 16.5. The third-order valence-electron chi connectivity index (χ3n) is 1.50. The zero-order chi connectivity index (χ0) is 12.2. The predicted octanol–water partition coefficient (Wildman–Crippen LogP) is 0.766. The average molecular weight is 226 g/mol. The molecule has 0 saturated carbocycles. The molecule has 7 nitrogen and oxygen atoms in total. The van der Waals surface area contributed by atoms with Gasteiger partial charge >= 0.3 is 6.01 Å². The molecule has 0 unspecified atom stereocenters. The van der Waals surface area contributed by atoms with Gasteiger partial charge in [-0.25, -0.2) is 5.84 Å². The average Bonchev–Trinajstić information content (AvgIpc) is 2.15. The molecule has 0 aliphatic carbocycles. The third-order valence-corrected chi connectivity index (χ3v) is 1.50. The zero-order valence-corrected chi connectivity index (χ0v) is 10.0. The van der Waals surface area contributed by atoms with Crippen molar-refractivity contribution in [2.45, 2.75) is 33.2 Å². The second-order valence-corrected chi connectivity index (χ2v) is 4.22. The number of anilines is 2. The topological polar surface area (TPSA) is 98.0 Å². The molecule has 0 atom stereocenters. The minimum absolute atomic E-state index is 0.142. The lowest BCUT2D eigenvalue weighted by Crippen LogP contribution is -2.28. The van der Waals surface area contributed by atoms with Crippen LogP contribution in [0.2, 0.25) is 0 Å². The first-order valence-electron chi connectivity index (χ1n) is 5.08. The molecule has 16 heavy (non-hydrogen) atoms. The van der Waals surface area contributed by atoms with Crippen molar-refractivity contribution in [3.05, 3.63) is 0 Å². The second kappa shape index (κ2) is 4.93. The number of hydrazine groups is 1. The van der Waals surface area contributed by atoms with Crippen LogP contribution in [0.1, 0.15) is 27.7 Å². The highest BCUT2D eigenvalue weighted by molar-refractivity contribution is 5.36. The van der Waals surface area contributed by atoms with Crippen molar-refractivity contribution >= 4 is 11.9 Å². The molecular formula is C9H18N6O. The Labute approximate surface area is 94.8 Å². The van der Waals surface area contributed by atoms with Crippen LogP contribution in [0.15, 0.2) is 0 Å². The molecule has 1 rings (SSSR count). The summed E-state index contributed by atoms with van der Waals surface area (Å²) in [6, 6.07) is 0.247. The van der Waals surface area contributed by atoms with E-state index in [2.05, 4.69) is 25.7 Å². The van der Waals surface area contributed by atoms with Crippen molar-refractivity contribution in [3.63, 3.8) is 0 Å². The van der Waals surface area contributed by atoms with Gasteiger partial charge in [0.1, 0.15) is 0 Å². The number of nitrogen functional groups attached to an aromatic ring is 1. The maximum absolute atomic E-state index is 5.26. The van der Waals surface area contributed by atoms with E-state index in [9.17, 15) is 0 Å². The molecule has 0 fully saturated rings. The monoisotopic (exact) mass is 226 g/mol. The fourth-order valence-electron chi connectivity index (χ4n) is 1.01. The van der Waals surface area contributed by atoms with Gasteiger partial charge in [-0.2, -0.15) is 15.0 Å². The van der Waals surface area contributed by atoms with Gasteiger partial charge in [0.2, 0.25) is 11.9 Å². The van der Waals surface area contributed by atoms with Crippen molar-refractivity contribution in [1.29, 1.82) is 0 Å². The number of hydrogen-bond acceptors (Lipinski definition) is 7. The minimum Gasteiger partial charge on any atom is -0.464 e. The van der Waals surface area contributed by atoms with E-state index in [4.69, 9.17) is 10.6 Å². The van der Waals surface area contributed by atoms with Crippen LogP contribution in [-0.2, 0) is 0 Å². The Bertz CT molecular complexity index is 348. The fourth-order valence-corrected chi connectivity index (χ4v) is 1.01. The van der Waals surface area contributed by atoms with E-state index in [0.29, 0.717) is 12.6 Å². The van der Waals surface area contributed by atoms with E-state index in [-0.39, 0.29) is 17.5 Å². The fraction of sp³-hybridized carbons (Fsp3) is 0.667. The summed E-state index contributed by atoms with van der Waals surface area (Å²) in [6.07, 6.45) is 0. The Kier molecular flexibility index (Phi) is 3.83. The molecule has 90 valence electrons. The van der Waals surface area contributed by atoms with Gasteiger partial charge < -0.3 is 10.1 Å². The number of rotatable bonds is 4.